The first-order chi connectivity index (χ1) is 6.88. The van der Waals surface area contributed by atoms with Crippen molar-refractivity contribution in [3.8, 4) is 0 Å². The molecule has 0 aliphatic rings. The van der Waals surface area contributed by atoms with Crippen molar-refractivity contribution in [1.29, 1.82) is 0 Å². The van der Waals surface area contributed by atoms with Gasteiger partial charge in [0.25, 0.3) is 0 Å². The first-order valence-corrected chi connectivity index (χ1v) is 4.02. The summed E-state index contributed by atoms with van der Waals surface area (Å²) in [6, 6.07) is 7.33. The lowest BCUT2D eigenvalue weighted by atomic mass is 10.1. The normalized spacial score (nSPS) is 8.00. The molecule has 0 spiro atoms. The lowest BCUT2D eigenvalue weighted by molar-refractivity contribution is 0.561. The van der Waals surface area contributed by atoms with Crippen molar-refractivity contribution in [2.75, 3.05) is 0 Å². The van der Waals surface area contributed by atoms with Crippen LogP contribution in [0.15, 0.2) is 34.3 Å². The van der Waals surface area contributed by atoms with E-state index in [-0.39, 0.29) is 18.6 Å². The smallest absolute Gasteiger partial charge is 0.235 e. The number of benzene rings is 1. The van der Waals surface area contributed by atoms with Crippen LogP contribution in [0.25, 0.3) is 0 Å². The van der Waals surface area contributed by atoms with Crippen molar-refractivity contribution >= 4 is 12.2 Å². The molecule has 15 heavy (non-hydrogen) atoms. The molecule has 1 rings (SSSR count). The molecule has 0 bridgehead atoms. The fourth-order valence-electron chi connectivity index (χ4n) is 1.10. The molecule has 2 N–H and O–H groups in total. The van der Waals surface area contributed by atoms with Crippen molar-refractivity contribution in [2.24, 2.45) is 9.98 Å². The highest BCUT2D eigenvalue weighted by molar-refractivity contribution is 5.37. The van der Waals surface area contributed by atoms with Crippen molar-refractivity contribution in [2.45, 2.75) is 13.1 Å². The Labute approximate surface area is 86.5 Å². The summed E-state index contributed by atoms with van der Waals surface area (Å²) in [5.74, 6) is 0. The quantitative estimate of drug-likeness (QED) is 0.531. The molecule has 0 unspecified atom stereocenters. The van der Waals surface area contributed by atoms with Gasteiger partial charge in [0, 0.05) is 0 Å². The zero-order valence-corrected chi connectivity index (χ0v) is 7.93. The van der Waals surface area contributed by atoms with Gasteiger partial charge in [-0.15, -0.1) is 0 Å². The molecule has 0 heterocycles. The highest BCUT2D eigenvalue weighted by atomic mass is 16.1. The lowest BCUT2D eigenvalue weighted by Gasteiger charge is -2.01. The Morgan fingerprint density at radius 3 is 1.67 bits per heavy atom. The van der Waals surface area contributed by atoms with Crippen LogP contribution in [-0.4, -0.2) is 17.6 Å². The third-order valence-electron chi connectivity index (χ3n) is 1.75. The second-order valence-electron chi connectivity index (χ2n) is 2.58. The Balaban J connectivity index is 0.00000196. The van der Waals surface area contributed by atoms with Crippen LogP contribution < -0.4 is 0 Å². The summed E-state index contributed by atoms with van der Waals surface area (Å²) in [6.07, 6.45) is 2.93. The van der Waals surface area contributed by atoms with E-state index >= 15 is 0 Å². The number of aliphatic imine (C=N–C) groups is 2. The molecule has 1 aromatic rings. The molecule has 0 aliphatic carbocycles. The average molecular weight is 206 g/mol. The molecule has 0 amide bonds. The van der Waals surface area contributed by atoms with Crippen LogP contribution in [0.3, 0.4) is 0 Å². The molecular formula is C10H10N2O3. The van der Waals surface area contributed by atoms with E-state index in [1.807, 2.05) is 24.3 Å². The molecular weight excluding hydrogens is 196 g/mol. The third kappa shape index (κ3) is 4.11. The van der Waals surface area contributed by atoms with Crippen LogP contribution in [0.5, 0.6) is 0 Å². The predicted molar refractivity (Wildman–Crippen MR) is 53.7 cm³/mol. The molecule has 0 aromatic heterocycles. The molecule has 5 heteroatoms. The topological polar surface area (TPSA) is 90.4 Å². The van der Waals surface area contributed by atoms with Crippen LogP contribution >= 0.6 is 0 Å². The SMILES string of the molecule is O.O=C=NCc1ccccc1CN=C=O. The van der Waals surface area contributed by atoms with E-state index < -0.39 is 0 Å². The monoisotopic (exact) mass is 206 g/mol. The van der Waals surface area contributed by atoms with Gasteiger partial charge in [0.1, 0.15) is 0 Å². The zero-order chi connectivity index (χ0) is 10.2. The van der Waals surface area contributed by atoms with Gasteiger partial charge in [0.05, 0.1) is 13.1 Å². The number of nitrogens with zero attached hydrogens (tertiary/aromatic N) is 2. The van der Waals surface area contributed by atoms with Crippen molar-refractivity contribution < 1.29 is 15.1 Å². The first kappa shape index (κ1) is 12.9. The summed E-state index contributed by atoms with van der Waals surface area (Å²) in [4.78, 5) is 26.8. The third-order valence-corrected chi connectivity index (χ3v) is 1.75. The summed E-state index contributed by atoms with van der Waals surface area (Å²) in [6.45, 7) is 0.544. The van der Waals surface area contributed by atoms with E-state index in [0.717, 1.165) is 11.1 Å². The summed E-state index contributed by atoms with van der Waals surface area (Å²) in [7, 11) is 0. The number of hydrogen-bond acceptors (Lipinski definition) is 4. The van der Waals surface area contributed by atoms with E-state index in [9.17, 15) is 9.59 Å². The first-order valence-electron chi connectivity index (χ1n) is 4.02. The molecule has 78 valence electrons. The molecule has 0 saturated carbocycles. The Bertz CT molecular complexity index is 366. The largest absolute Gasteiger partial charge is 0.412 e. The summed E-state index contributed by atoms with van der Waals surface area (Å²) < 4.78 is 0. The van der Waals surface area contributed by atoms with E-state index in [2.05, 4.69) is 9.98 Å². The maximum absolute atomic E-state index is 9.93. The number of carbonyl (C=O) groups excluding carboxylic acids is 2. The number of rotatable bonds is 4. The van der Waals surface area contributed by atoms with Crippen molar-refractivity contribution in [1.82, 2.24) is 0 Å². The maximum Gasteiger partial charge on any atom is 0.235 e. The van der Waals surface area contributed by atoms with Gasteiger partial charge in [-0.1, -0.05) is 24.3 Å². The van der Waals surface area contributed by atoms with Gasteiger partial charge in [0.2, 0.25) is 12.2 Å². The minimum atomic E-state index is 0. The van der Waals surface area contributed by atoms with Crippen molar-refractivity contribution in [3.63, 3.8) is 0 Å². The van der Waals surface area contributed by atoms with Gasteiger partial charge in [-0.25, -0.2) is 19.6 Å². The molecule has 0 aliphatic heterocycles. The van der Waals surface area contributed by atoms with Gasteiger partial charge in [0.15, 0.2) is 0 Å². The minimum absolute atomic E-state index is 0. The average Bonchev–Trinajstić information content (AvgIpc) is 2.24. The Morgan fingerprint density at radius 1 is 0.933 bits per heavy atom. The van der Waals surface area contributed by atoms with Crippen LogP contribution in [0, 0.1) is 0 Å². The van der Waals surface area contributed by atoms with Crippen LogP contribution in [0.2, 0.25) is 0 Å². The van der Waals surface area contributed by atoms with Gasteiger partial charge in [-0.3, -0.25) is 0 Å². The Morgan fingerprint density at radius 2 is 1.33 bits per heavy atom. The highest BCUT2D eigenvalue weighted by Gasteiger charge is 1.99. The molecule has 0 fully saturated rings. The summed E-state index contributed by atoms with van der Waals surface area (Å²) in [5, 5.41) is 0. The number of hydrogen-bond donors (Lipinski definition) is 0. The van der Waals surface area contributed by atoms with Crippen LogP contribution in [0.4, 0.5) is 0 Å². The second kappa shape index (κ2) is 7.35. The van der Waals surface area contributed by atoms with E-state index in [1.54, 1.807) is 0 Å². The van der Waals surface area contributed by atoms with E-state index in [0.29, 0.717) is 0 Å². The van der Waals surface area contributed by atoms with Crippen molar-refractivity contribution in [3.05, 3.63) is 35.4 Å². The Hall–Kier alpha value is -2.06. The highest BCUT2D eigenvalue weighted by Crippen LogP contribution is 2.10. The molecule has 0 saturated heterocycles. The number of isocyanates is 2. The van der Waals surface area contributed by atoms with Gasteiger partial charge in [-0.2, -0.15) is 0 Å². The summed E-state index contributed by atoms with van der Waals surface area (Å²) in [5.41, 5.74) is 1.74. The van der Waals surface area contributed by atoms with Crippen LogP contribution in [0.1, 0.15) is 11.1 Å². The standard InChI is InChI=1S/C10H8N2O2.H2O/c13-7-11-5-9-3-1-2-4-10(9)6-12-8-14;/h1-4H,5-6H2;1H2. The van der Waals surface area contributed by atoms with Gasteiger partial charge in [-0.05, 0) is 11.1 Å². The molecule has 1 aromatic carbocycles. The maximum atomic E-state index is 9.93. The lowest BCUT2D eigenvalue weighted by Crippen LogP contribution is -1.90. The Kier molecular flexibility index (Phi) is 6.34. The minimum Gasteiger partial charge on any atom is -0.412 e. The second-order valence-corrected chi connectivity index (χ2v) is 2.58. The fourth-order valence-corrected chi connectivity index (χ4v) is 1.10. The van der Waals surface area contributed by atoms with Crippen LogP contribution in [-0.2, 0) is 22.7 Å². The van der Waals surface area contributed by atoms with Gasteiger partial charge >= 0.3 is 0 Å². The molecule has 5 nitrogen and oxygen atoms in total. The van der Waals surface area contributed by atoms with E-state index in [4.69, 9.17) is 0 Å². The van der Waals surface area contributed by atoms with E-state index in [1.165, 1.54) is 12.2 Å². The zero-order valence-electron chi connectivity index (χ0n) is 7.93. The van der Waals surface area contributed by atoms with Gasteiger partial charge < -0.3 is 5.48 Å². The summed E-state index contributed by atoms with van der Waals surface area (Å²) >= 11 is 0. The molecule has 0 radical (unpaired) electrons. The predicted octanol–water partition coefficient (Wildman–Crippen LogP) is 0.533. The molecule has 0 atom stereocenters. The fraction of sp³-hybridized carbons (Fsp3) is 0.200.